The summed E-state index contributed by atoms with van der Waals surface area (Å²) in [6, 6.07) is 9.22. The molecule has 1 aliphatic heterocycles. The van der Waals surface area contributed by atoms with Crippen LogP contribution in [0.25, 0.3) is 28.0 Å². The van der Waals surface area contributed by atoms with Crippen LogP contribution in [0.4, 0.5) is 0 Å². The summed E-state index contributed by atoms with van der Waals surface area (Å²) in [5, 5.41) is 19.6. The Balaban J connectivity index is 1.83. The molecule has 1 aromatic heterocycles. The predicted octanol–water partition coefficient (Wildman–Crippen LogP) is 5.25. The van der Waals surface area contributed by atoms with Crippen molar-refractivity contribution in [2.45, 2.75) is 32.3 Å². The molecule has 0 radical (unpaired) electrons. The first-order valence-electron chi connectivity index (χ1n) is 10.2. The van der Waals surface area contributed by atoms with Gasteiger partial charge in [-0.05, 0) is 50.1 Å². The summed E-state index contributed by atoms with van der Waals surface area (Å²) in [4.78, 5) is 15.8. The van der Waals surface area contributed by atoms with Crippen LogP contribution in [0.5, 0.6) is 0 Å². The van der Waals surface area contributed by atoms with E-state index in [0.717, 1.165) is 29.4 Å². The van der Waals surface area contributed by atoms with Gasteiger partial charge in [0, 0.05) is 22.9 Å². The van der Waals surface area contributed by atoms with Crippen molar-refractivity contribution in [3.8, 4) is 24.0 Å². The number of hydrogen-bond acceptors (Lipinski definition) is 5. The van der Waals surface area contributed by atoms with Gasteiger partial charge in [0.2, 0.25) is 0 Å². The van der Waals surface area contributed by atoms with Crippen molar-refractivity contribution in [3.63, 3.8) is 0 Å². The van der Waals surface area contributed by atoms with E-state index in [1.165, 1.54) is 0 Å². The van der Waals surface area contributed by atoms with Gasteiger partial charge in [-0.3, -0.25) is 0 Å². The number of fused-ring (bicyclic) bond motifs is 2. The minimum Gasteiger partial charge on any atom is -0.492 e. The van der Waals surface area contributed by atoms with Crippen molar-refractivity contribution in [2.24, 2.45) is 0 Å². The van der Waals surface area contributed by atoms with Gasteiger partial charge in [0.15, 0.2) is 5.76 Å². The largest absolute Gasteiger partial charge is 0.492 e. The van der Waals surface area contributed by atoms with E-state index in [1.807, 2.05) is 18.2 Å². The highest BCUT2D eigenvalue weighted by Gasteiger charge is 2.38. The zero-order valence-electron chi connectivity index (χ0n) is 18.0. The van der Waals surface area contributed by atoms with Crippen LogP contribution in [-0.4, -0.2) is 5.60 Å². The highest BCUT2D eigenvalue weighted by Crippen LogP contribution is 2.40. The van der Waals surface area contributed by atoms with Crippen LogP contribution < -0.4 is 5.63 Å². The molecule has 1 aliphatic carbocycles. The molecule has 2 heterocycles. The van der Waals surface area contributed by atoms with Crippen LogP contribution in [0.3, 0.4) is 0 Å². The minimum atomic E-state index is -0.958. The van der Waals surface area contributed by atoms with Crippen molar-refractivity contribution in [3.05, 3.63) is 91.5 Å². The zero-order valence-corrected chi connectivity index (χ0v) is 18.0. The first-order valence-corrected chi connectivity index (χ1v) is 10.2. The van der Waals surface area contributed by atoms with Crippen LogP contribution in [0.2, 0.25) is 0 Å². The van der Waals surface area contributed by atoms with E-state index < -0.39 is 11.2 Å². The Morgan fingerprint density at radius 2 is 2.09 bits per heavy atom. The Morgan fingerprint density at radius 3 is 2.82 bits per heavy atom. The molecular formula is C27H17N3O3. The van der Waals surface area contributed by atoms with Crippen LogP contribution in [-0.2, 0) is 4.74 Å². The van der Waals surface area contributed by atoms with E-state index >= 15 is 0 Å². The highest BCUT2D eigenvalue weighted by atomic mass is 16.5. The summed E-state index contributed by atoms with van der Waals surface area (Å²) in [6.07, 6.45) is 8.91. The Morgan fingerprint density at radius 1 is 1.27 bits per heavy atom. The molecule has 2 aliphatic rings. The number of benzene rings is 1. The van der Waals surface area contributed by atoms with Gasteiger partial charge in [0.05, 0.1) is 23.8 Å². The normalized spacial score (nSPS) is 18.6. The van der Waals surface area contributed by atoms with Crippen LogP contribution in [0, 0.1) is 41.1 Å². The smallest absolute Gasteiger partial charge is 0.343 e. The van der Waals surface area contributed by atoms with E-state index in [1.54, 1.807) is 44.2 Å². The molecule has 158 valence electrons. The number of rotatable bonds is 2. The highest BCUT2D eigenvalue weighted by molar-refractivity contribution is 5.84. The Labute approximate surface area is 190 Å². The molecular weight excluding hydrogens is 414 g/mol. The van der Waals surface area contributed by atoms with Gasteiger partial charge in [-0.25, -0.2) is 14.9 Å². The summed E-state index contributed by atoms with van der Waals surface area (Å²) in [5.74, 6) is 6.18. The lowest BCUT2D eigenvalue weighted by molar-refractivity contribution is 0.0953. The molecule has 0 bridgehead atoms. The van der Waals surface area contributed by atoms with Gasteiger partial charge in [0.25, 0.3) is 0 Å². The Hall–Kier alpha value is -4.78. The van der Waals surface area contributed by atoms with Crippen molar-refractivity contribution >= 4 is 23.1 Å². The van der Waals surface area contributed by atoms with E-state index in [4.69, 9.17) is 15.7 Å². The second kappa shape index (κ2) is 8.39. The van der Waals surface area contributed by atoms with Crippen molar-refractivity contribution in [1.82, 2.24) is 0 Å². The second-order valence-electron chi connectivity index (χ2n) is 7.96. The third-order valence-electron chi connectivity index (χ3n) is 5.36. The van der Waals surface area contributed by atoms with Gasteiger partial charge in [-0.2, -0.15) is 5.26 Å². The summed E-state index contributed by atoms with van der Waals surface area (Å²) in [6.45, 7) is 10.6. The molecule has 4 rings (SSSR count). The van der Waals surface area contributed by atoms with Crippen molar-refractivity contribution in [1.29, 1.82) is 10.5 Å². The predicted molar refractivity (Wildman–Crippen MR) is 124 cm³/mol. The number of hydrogen-bond donors (Lipinski definition) is 0. The molecule has 0 saturated heterocycles. The molecule has 0 unspecified atom stereocenters. The first-order chi connectivity index (χ1) is 15.9. The van der Waals surface area contributed by atoms with Gasteiger partial charge >= 0.3 is 11.3 Å². The molecule has 6 nitrogen and oxygen atoms in total. The summed E-state index contributed by atoms with van der Waals surface area (Å²) in [7, 11) is 0. The molecule has 2 aromatic rings. The lowest BCUT2D eigenvalue weighted by atomic mass is 9.94. The third-order valence-corrected chi connectivity index (χ3v) is 5.36. The molecule has 0 saturated carbocycles. The first kappa shape index (κ1) is 21.5. The maximum atomic E-state index is 12.6. The van der Waals surface area contributed by atoms with Gasteiger partial charge in [-0.1, -0.05) is 30.1 Å². The maximum absolute atomic E-state index is 12.6. The van der Waals surface area contributed by atoms with Crippen molar-refractivity contribution in [2.75, 3.05) is 0 Å². The molecule has 0 spiro atoms. The molecule has 0 atom stereocenters. The fourth-order valence-corrected chi connectivity index (χ4v) is 3.73. The summed E-state index contributed by atoms with van der Waals surface area (Å²) >= 11 is 0. The average molecular weight is 431 g/mol. The van der Waals surface area contributed by atoms with Crippen LogP contribution in [0.1, 0.15) is 43.4 Å². The van der Waals surface area contributed by atoms with Crippen LogP contribution in [0.15, 0.2) is 62.2 Å². The molecule has 0 amide bonds. The third kappa shape index (κ3) is 3.95. The standard InChI is InChI=1S/C27H17N3O3/c1-27(2)22(21(15-28)25(33-27)23(16-29)30-3)11-10-19-13-20-12-17-8-6-4-5-7-9-18(17)14-24(20)32-26(19)31/h6,8,10-14H,4-5H2,1-2H3/b8-6-,11-10+,25-23-. The monoisotopic (exact) mass is 431 g/mol. The second-order valence-corrected chi connectivity index (χ2v) is 7.96. The zero-order chi connectivity index (χ0) is 23.6. The van der Waals surface area contributed by atoms with Crippen LogP contribution >= 0.6 is 0 Å². The Kier molecular flexibility index (Phi) is 5.46. The number of allylic oxidation sites excluding steroid dienone is 3. The number of ether oxygens (including phenoxy) is 1. The molecule has 0 fully saturated rings. The average Bonchev–Trinajstić information content (AvgIpc) is 3.03. The number of nitriles is 2. The quantitative estimate of drug-likeness (QED) is 0.280. The van der Waals surface area contributed by atoms with E-state index in [9.17, 15) is 15.3 Å². The van der Waals surface area contributed by atoms with E-state index in [0.29, 0.717) is 16.7 Å². The topological polar surface area (TPSA) is 91.4 Å². The van der Waals surface area contributed by atoms with Crippen molar-refractivity contribution < 1.29 is 9.15 Å². The molecule has 6 heteroatoms. The maximum Gasteiger partial charge on any atom is 0.343 e. The minimum absolute atomic E-state index is 0.0447. The SMILES string of the molecule is [C-]#[N+]/C(C#N)=C1\OC(C)(C)C(/C=C/c2cc3cc4c(cc3oc2=O)C#CCC/C=C\4)=C1C#N. The van der Waals surface area contributed by atoms with Gasteiger partial charge in [-0.15, -0.1) is 0 Å². The van der Waals surface area contributed by atoms with Gasteiger partial charge < -0.3 is 9.15 Å². The fourth-order valence-electron chi connectivity index (χ4n) is 3.73. The summed E-state index contributed by atoms with van der Waals surface area (Å²) in [5.41, 5.74) is 1.29. The fraction of sp³-hybridized carbons (Fsp3) is 0.185. The molecule has 0 N–H and O–H groups in total. The lowest BCUT2D eigenvalue weighted by Gasteiger charge is -2.20. The Bertz CT molecular complexity index is 1550. The molecule has 1 aromatic carbocycles. The van der Waals surface area contributed by atoms with Gasteiger partial charge in [0.1, 0.15) is 17.3 Å². The lowest BCUT2D eigenvalue weighted by Crippen LogP contribution is -2.20. The molecule has 33 heavy (non-hydrogen) atoms. The van der Waals surface area contributed by atoms with E-state index in [-0.39, 0.29) is 17.0 Å². The summed E-state index contributed by atoms with van der Waals surface area (Å²) < 4.78 is 11.3. The number of nitrogens with zero attached hydrogens (tertiary/aromatic N) is 3. The van der Waals surface area contributed by atoms with E-state index in [2.05, 4.69) is 22.8 Å².